The Kier molecular flexibility index (Phi) is 7.17. The Morgan fingerprint density at radius 1 is 1.08 bits per heavy atom. The summed E-state index contributed by atoms with van der Waals surface area (Å²) in [6, 6.07) is 8.13. The SMILES string of the molecule is CC(=O)OCC1(O)C(O)CC(O)C2(C)C(=O)C(=O)C3=C(C)CCC3(C(C)(C)OC(=O)c3ccccc3)C(O)C12. The van der Waals surface area contributed by atoms with Gasteiger partial charge in [0.1, 0.15) is 17.8 Å². The molecule has 0 bridgehead atoms. The molecule has 3 aliphatic carbocycles. The fraction of sp³-hybridized carbons (Fsp3) is 0.586. The molecule has 0 heterocycles. The first-order chi connectivity index (χ1) is 18.1. The smallest absolute Gasteiger partial charge is 0.338 e. The lowest BCUT2D eigenvalue weighted by atomic mass is 9.51. The number of allylic oxidation sites excluding steroid dienone is 1. The van der Waals surface area contributed by atoms with Gasteiger partial charge in [-0.25, -0.2) is 4.79 Å². The maximum atomic E-state index is 14.0. The fourth-order valence-corrected chi connectivity index (χ4v) is 7.16. The predicted octanol–water partition coefficient (Wildman–Crippen LogP) is 1.27. The number of carbonyl (C=O) groups is 4. The van der Waals surface area contributed by atoms with E-state index in [1.165, 1.54) is 20.8 Å². The number of Topliss-reactive ketones (excluding diaryl/α,β-unsaturated/α-hetero) is 2. The van der Waals surface area contributed by atoms with E-state index in [0.29, 0.717) is 5.57 Å². The molecule has 1 aromatic carbocycles. The van der Waals surface area contributed by atoms with E-state index < -0.39 is 82.8 Å². The topological polar surface area (TPSA) is 168 Å². The van der Waals surface area contributed by atoms with Crippen molar-refractivity contribution in [1.29, 1.82) is 0 Å². The van der Waals surface area contributed by atoms with Crippen LogP contribution >= 0.6 is 0 Å². The number of benzene rings is 1. The number of rotatable bonds is 5. The second kappa shape index (κ2) is 9.62. The summed E-state index contributed by atoms with van der Waals surface area (Å²) < 4.78 is 11.0. The molecule has 0 saturated heterocycles. The molecule has 0 amide bonds. The highest BCUT2D eigenvalue weighted by atomic mass is 16.6. The summed E-state index contributed by atoms with van der Waals surface area (Å²) in [7, 11) is 0. The Hall–Kier alpha value is -2.92. The second-order valence-corrected chi connectivity index (χ2v) is 11.8. The van der Waals surface area contributed by atoms with Crippen molar-refractivity contribution in [2.75, 3.05) is 6.61 Å². The van der Waals surface area contributed by atoms with Gasteiger partial charge >= 0.3 is 11.9 Å². The van der Waals surface area contributed by atoms with Crippen molar-refractivity contribution < 1.29 is 49.1 Å². The summed E-state index contributed by atoms with van der Waals surface area (Å²) in [4.78, 5) is 52.8. The average molecular weight is 545 g/mol. The largest absolute Gasteiger partial charge is 0.463 e. The number of carbonyl (C=O) groups excluding carboxylic acids is 4. The van der Waals surface area contributed by atoms with E-state index in [4.69, 9.17) is 9.47 Å². The van der Waals surface area contributed by atoms with Crippen LogP contribution in [0.4, 0.5) is 0 Å². The van der Waals surface area contributed by atoms with Gasteiger partial charge in [0.15, 0.2) is 0 Å². The van der Waals surface area contributed by atoms with E-state index in [1.807, 2.05) is 0 Å². The van der Waals surface area contributed by atoms with Crippen LogP contribution in [0.2, 0.25) is 0 Å². The van der Waals surface area contributed by atoms with Gasteiger partial charge in [0.05, 0.1) is 34.7 Å². The van der Waals surface area contributed by atoms with Crippen molar-refractivity contribution >= 4 is 23.5 Å². The first kappa shape index (κ1) is 29.1. The molecule has 0 aliphatic heterocycles. The van der Waals surface area contributed by atoms with Gasteiger partial charge in [-0.15, -0.1) is 0 Å². The predicted molar refractivity (Wildman–Crippen MR) is 136 cm³/mol. The highest BCUT2D eigenvalue weighted by Gasteiger charge is 2.74. The number of aliphatic hydroxyl groups is 4. The number of fused-ring (bicyclic) bond motifs is 2. The van der Waals surface area contributed by atoms with Crippen LogP contribution in [0.25, 0.3) is 0 Å². The standard InChI is InChI=1S/C29H36O10/c1-15-11-12-28(26(3,4)39-25(36)17-9-7-6-8-10-17)20(15)21(33)23(34)27(5)18(31)13-19(32)29(37,14-38-16(2)30)22(27)24(28)35/h6-10,18-19,22,24,31-32,35,37H,11-14H2,1-5H3. The molecule has 212 valence electrons. The number of esters is 2. The quantitative estimate of drug-likeness (QED) is 0.313. The second-order valence-electron chi connectivity index (χ2n) is 11.8. The lowest BCUT2D eigenvalue weighted by Crippen LogP contribution is -2.72. The normalized spacial score (nSPS) is 36.6. The summed E-state index contributed by atoms with van der Waals surface area (Å²) >= 11 is 0. The fourth-order valence-electron chi connectivity index (χ4n) is 7.16. The first-order valence-electron chi connectivity index (χ1n) is 13.0. The molecule has 0 spiro atoms. The summed E-state index contributed by atoms with van der Waals surface area (Å²) in [5.74, 6) is -5.19. The summed E-state index contributed by atoms with van der Waals surface area (Å²) in [5.41, 5.74) is -7.11. The molecule has 2 saturated carbocycles. The van der Waals surface area contributed by atoms with Crippen LogP contribution in [0, 0.1) is 16.7 Å². The number of ketones is 2. The van der Waals surface area contributed by atoms with Crippen molar-refractivity contribution in [3.8, 4) is 0 Å². The first-order valence-corrected chi connectivity index (χ1v) is 13.0. The Morgan fingerprint density at radius 3 is 2.28 bits per heavy atom. The van der Waals surface area contributed by atoms with Gasteiger partial charge in [0, 0.05) is 24.8 Å². The van der Waals surface area contributed by atoms with Gasteiger partial charge in [-0.05, 0) is 52.7 Å². The zero-order valence-corrected chi connectivity index (χ0v) is 22.8. The molecule has 0 aromatic heterocycles. The van der Waals surface area contributed by atoms with Crippen LogP contribution in [0.1, 0.15) is 64.2 Å². The molecule has 39 heavy (non-hydrogen) atoms. The summed E-state index contributed by atoms with van der Waals surface area (Å²) in [6.07, 6.45) is -5.28. The third-order valence-electron chi connectivity index (χ3n) is 9.35. The van der Waals surface area contributed by atoms with E-state index in [-0.39, 0.29) is 24.0 Å². The molecule has 7 atom stereocenters. The third-order valence-corrected chi connectivity index (χ3v) is 9.35. The van der Waals surface area contributed by atoms with E-state index in [0.717, 1.165) is 6.92 Å². The average Bonchev–Trinajstić information content (AvgIpc) is 3.21. The number of hydrogen-bond donors (Lipinski definition) is 4. The molecule has 0 radical (unpaired) electrons. The highest BCUT2D eigenvalue weighted by Crippen LogP contribution is 2.63. The van der Waals surface area contributed by atoms with Gasteiger partial charge < -0.3 is 29.9 Å². The Morgan fingerprint density at radius 2 is 1.69 bits per heavy atom. The van der Waals surface area contributed by atoms with Crippen molar-refractivity contribution in [3.05, 3.63) is 47.0 Å². The van der Waals surface area contributed by atoms with E-state index in [2.05, 4.69) is 0 Å². The van der Waals surface area contributed by atoms with Crippen LogP contribution in [-0.4, -0.2) is 80.1 Å². The molecule has 10 heteroatoms. The molecular formula is C29H36O10. The maximum Gasteiger partial charge on any atom is 0.338 e. The molecule has 4 rings (SSSR count). The van der Waals surface area contributed by atoms with Crippen LogP contribution < -0.4 is 0 Å². The van der Waals surface area contributed by atoms with Crippen molar-refractivity contribution in [2.45, 2.75) is 83.4 Å². The van der Waals surface area contributed by atoms with Crippen molar-refractivity contribution in [3.63, 3.8) is 0 Å². The molecular weight excluding hydrogens is 508 g/mol. The van der Waals surface area contributed by atoms with Crippen LogP contribution in [0.15, 0.2) is 41.5 Å². The van der Waals surface area contributed by atoms with E-state index >= 15 is 0 Å². The van der Waals surface area contributed by atoms with Gasteiger partial charge in [-0.3, -0.25) is 14.4 Å². The number of ether oxygens (including phenoxy) is 2. The monoisotopic (exact) mass is 544 g/mol. The third kappa shape index (κ3) is 4.07. The minimum absolute atomic E-state index is 0.0296. The molecule has 1 aromatic rings. The van der Waals surface area contributed by atoms with Crippen molar-refractivity contribution in [1.82, 2.24) is 0 Å². The van der Waals surface area contributed by atoms with Crippen LogP contribution in [-0.2, 0) is 23.9 Å². The number of aliphatic hydroxyl groups excluding tert-OH is 3. The molecule has 10 nitrogen and oxygen atoms in total. The minimum Gasteiger partial charge on any atom is -0.463 e. The Bertz CT molecular complexity index is 1240. The summed E-state index contributed by atoms with van der Waals surface area (Å²) in [5, 5.41) is 46.3. The van der Waals surface area contributed by atoms with Gasteiger partial charge in [-0.2, -0.15) is 0 Å². The lowest BCUT2D eigenvalue weighted by molar-refractivity contribution is -0.264. The maximum absolute atomic E-state index is 14.0. The molecule has 3 aliphatic rings. The van der Waals surface area contributed by atoms with E-state index in [9.17, 15) is 39.6 Å². The minimum atomic E-state index is -2.42. The van der Waals surface area contributed by atoms with Crippen molar-refractivity contribution in [2.24, 2.45) is 16.7 Å². The molecule has 4 N–H and O–H groups in total. The Balaban J connectivity index is 1.95. The Labute approximate surface area is 226 Å². The summed E-state index contributed by atoms with van der Waals surface area (Å²) in [6.45, 7) is 6.27. The number of hydrogen-bond acceptors (Lipinski definition) is 10. The molecule has 7 unspecified atom stereocenters. The van der Waals surface area contributed by atoms with Gasteiger partial charge in [0.2, 0.25) is 11.6 Å². The zero-order valence-electron chi connectivity index (χ0n) is 22.8. The zero-order chi connectivity index (χ0) is 29.1. The van der Waals surface area contributed by atoms with Crippen LogP contribution in [0.5, 0.6) is 0 Å². The molecule has 2 fully saturated rings. The van der Waals surface area contributed by atoms with E-state index in [1.54, 1.807) is 37.3 Å². The lowest BCUT2D eigenvalue weighted by Gasteiger charge is -2.58. The highest BCUT2D eigenvalue weighted by molar-refractivity contribution is 6.46. The van der Waals surface area contributed by atoms with Crippen LogP contribution in [0.3, 0.4) is 0 Å². The van der Waals surface area contributed by atoms with Gasteiger partial charge in [-0.1, -0.05) is 23.8 Å². The van der Waals surface area contributed by atoms with Gasteiger partial charge in [0.25, 0.3) is 0 Å².